The number of piperidine rings is 1. The summed E-state index contributed by atoms with van der Waals surface area (Å²) in [4.78, 5) is 22.5. The van der Waals surface area contributed by atoms with Crippen LogP contribution in [0.4, 0.5) is 18.9 Å². The van der Waals surface area contributed by atoms with Crippen molar-refractivity contribution < 1.29 is 22.6 Å². The smallest absolute Gasteiger partial charge is 0.433 e. The van der Waals surface area contributed by atoms with E-state index in [1.807, 2.05) is 17.9 Å². The number of ether oxygens (including phenoxy) is 2. The molecule has 0 saturated carbocycles. The first kappa shape index (κ1) is 23.5. The minimum absolute atomic E-state index is 0.127. The van der Waals surface area contributed by atoms with E-state index in [2.05, 4.69) is 9.97 Å². The zero-order chi connectivity index (χ0) is 24.5. The first-order valence-corrected chi connectivity index (χ1v) is 10.7. The van der Waals surface area contributed by atoms with Gasteiger partial charge in [0.15, 0.2) is 0 Å². The van der Waals surface area contributed by atoms with E-state index in [0.29, 0.717) is 42.8 Å². The average Bonchev–Trinajstić information content (AvgIpc) is 2.82. The number of fused-ring (bicyclic) bond motifs is 1. The lowest BCUT2D eigenvalue weighted by molar-refractivity contribution is -0.141. The number of aromatic nitrogens is 3. The van der Waals surface area contributed by atoms with Crippen molar-refractivity contribution in [2.24, 2.45) is 7.05 Å². The van der Waals surface area contributed by atoms with Gasteiger partial charge in [0.1, 0.15) is 35.2 Å². The minimum Gasteiger partial charge on any atom is -0.471 e. The van der Waals surface area contributed by atoms with Crippen molar-refractivity contribution in [2.45, 2.75) is 31.7 Å². The van der Waals surface area contributed by atoms with Gasteiger partial charge >= 0.3 is 6.18 Å². The van der Waals surface area contributed by atoms with Crippen molar-refractivity contribution in [3.8, 4) is 11.9 Å². The van der Waals surface area contributed by atoms with Crippen LogP contribution >= 0.6 is 0 Å². The molecule has 0 aromatic carbocycles. The summed E-state index contributed by atoms with van der Waals surface area (Å²) in [6.45, 7) is 2.93. The maximum Gasteiger partial charge on any atom is 0.433 e. The van der Waals surface area contributed by atoms with Gasteiger partial charge in [0.05, 0.1) is 11.2 Å². The highest BCUT2D eigenvalue weighted by atomic mass is 19.4. The number of hydrogen-bond acceptors (Lipinski definition) is 7. The summed E-state index contributed by atoms with van der Waals surface area (Å²) in [5, 5.41) is 9.27. The van der Waals surface area contributed by atoms with Gasteiger partial charge in [-0.05, 0) is 25.1 Å². The third-order valence-corrected chi connectivity index (χ3v) is 5.69. The van der Waals surface area contributed by atoms with Crippen molar-refractivity contribution in [3.63, 3.8) is 0 Å². The van der Waals surface area contributed by atoms with Crippen molar-refractivity contribution in [3.05, 3.63) is 58.1 Å². The number of alkyl halides is 3. The Kier molecular flexibility index (Phi) is 6.43. The van der Waals surface area contributed by atoms with Crippen LogP contribution in [0.3, 0.4) is 0 Å². The third-order valence-electron chi connectivity index (χ3n) is 5.69. The molecule has 8 nitrogen and oxygen atoms in total. The summed E-state index contributed by atoms with van der Waals surface area (Å²) >= 11 is 0. The fourth-order valence-corrected chi connectivity index (χ4v) is 4.03. The van der Waals surface area contributed by atoms with E-state index in [1.54, 1.807) is 19.2 Å². The van der Waals surface area contributed by atoms with Crippen molar-refractivity contribution in [1.82, 2.24) is 14.5 Å². The molecule has 0 radical (unpaired) electrons. The molecule has 2 unspecified atom stereocenters. The summed E-state index contributed by atoms with van der Waals surface area (Å²) in [7, 11) is 1.63. The van der Waals surface area contributed by atoms with Crippen molar-refractivity contribution in [1.29, 1.82) is 5.26 Å². The van der Waals surface area contributed by atoms with Crippen LogP contribution in [0.25, 0.3) is 11.0 Å². The van der Waals surface area contributed by atoms with E-state index in [4.69, 9.17) is 9.47 Å². The van der Waals surface area contributed by atoms with Gasteiger partial charge in [-0.15, -0.1) is 0 Å². The molecule has 4 rings (SSSR count). The number of pyridine rings is 3. The Morgan fingerprint density at radius 2 is 2.00 bits per heavy atom. The van der Waals surface area contributed by atoms with Crippen LogP contribution < -0.4 is 15.2 Å². The van der Waals surface area contributed by atoms with Gasteiger partial charge in [0.2, 0.25) is 5.88 Å². The molecule has 3 aromatic rings. The average molecular weight is 473 g/mol. The summed E-state index contributed by atoms with van der Waals surface area (Å²) < 4.78 is 52.2. The first-order chi connectivity index (χ1) is 16.2. The maximum absolute atomic E-state index is 13.0. The zero-order valence-electron chi connectivity index (χ0n) is 18.5. The van der Waals surface area contributed by atoms with Gasteiger partial charge in [-0.3, -0.25) is 4.79 Å². The highest BCUT2D eigenvalue weighted by Gasteiger charge is 2.35. The molecule has 178 valence electrons. The first-order valence-electron chi connectivity index (χ1n) is 10.7. The van der Waals surface area contributed by atoms with E-state index in [-0.39, 0.29) is 17.1 Å². The lowest BCUT2D eigenvalue weighted by Crippen LogP contribution is -2.51. The Hall–Kier alpha value is -3.65. The van der Waals surface area contributed by atoms with E-state index in [9.17, 15) is 23.2 Å². The molecule has 1 aliphatic heterocycles. The van der Waals surface area contributed by atoms with E-state index in [0.717, 1.165) is 6.07 Å². The van der Waals surface area contributed by atoms with Crippen LogP contribution in [0.1, 0.15) is 24.7 Å². The van der Waals surface area contributed by atoms with Crippen LogP contribution in [0.15, 0.2) is 41.2 Å². The Bertz CT molecular complexity index is 1300. The van der Waals surface area contributed by atoms with Gasteiger partial charge in [0.25, 0.3) is 5.56 Å². The van der Waals surface area contributed by atoms with Crippen LogP contribution in [0, 0.1) is 11.3 Å². The molecule has 11 heteroatoms. The van der Waals surface area contributed by atoms with Crippen molar-refractivity contribution in [2.75, 3.05) is 24.6 Å². The van der Waals surface area contributed by atoms with Gasteiger partial charge in [-0.25, -0.2) is 9.97 Å². The quantitative estimate of drug-likeness (QED) is 0.561. The molecule has 0 amide bonds. The van der Waals surface area contributed by atoms with Crippen LogP contribution in [0.2, 0.25) is 0 Å². The summed E-state index contributed by atoms with van der Waals surface area (Å²) in [5.41, 5.74) is 0.629. The topological polar surface area (TPSA) is 93.3 Å². The fraction of sp³-hybridized carbons (Fsp3) is 0.391. The molecule has 4 heterocycles. The lowest BCUT2D eigenvalue weighted by Gasteiger charge is -2.39. The van der Waals surface area contributed by atoms with E-state index in [1.165, 1.54) is 22.8 Å². The summed E-state index contributed by atoms with van der Waals surface area (Å²) in [6.07, 6.45) is -5.18. The molecule has 1 fully saturated rings. The minimum atomic E-state index is -4.57. The molecule has 3 aromatic heterocycles. The summed E-state index contributed by atoms with van der Waals surface area (Å²) in [5.74, 6) is -0.127. The second kappa shape index (κ2) is 9.30. The number of hydrogen-bond donors (Lipinski definition) is 0. The van der Waals surface area contributed by atoms with Crippen LogP contribution in [-0.4, -0.2) is 46.4 Å². The highest BCUT2D eigenvalue weighted by Crippen LogP contribution is 2.31. The predicted octanol–water partition coefficient (Wildman–Crippen LogP) is 3.28. The molecular weight excluding hydrogens is 451 g/mol. The van der Waals surface area contributed by atoms with Gasteiger partial charge < -0.3 is 18.9 Å². The number of rotatable bonds is 5. The fourth-order valence-electron chi connectivity index (χ4n) is 4.03. The Balaban J connectivity index is 1.63. The Morgan fingerprint density at radius 1 is 1.21 bits per heavy atom. The Labute approximate surface area is 193 Å². The molecule has 2 atom stereocenters. The number of nitriles is 1. The van der Waals surface area contributed by atoms with Gasteiger partial charge in [-0.1, -0.05) is 6.07 Å². The molecule has 0 spiro atoms. The number of aryl methyl sites for hydroxylation is 1. The van der Waals surface area contributed by atoms with Gasteiger partial charge in [-0.2, -0.15) is 18.4 Å². The molecule has 1 saturated heterocycles. The zero-order valence-corrected chi connectivity index (χ0v) is 18.5. The van der Waals surface area contributed by atoms with Crippen LogP contribution in [-0.2, 0) is 18.0 Å². The SMILES string of the molecule is CCOC1CN(c2cc(=O)n(C)c3ccc(C#N)nc23)CCC1Oc1cccc(C(F)(F)F)n1. The lowest BCUT2D eigenvalue weighted by atomic mass is 10.0. The number of halogens is 3. The third kappa shape index (κ3) is 4.68. The maximum atomic E-state index is 13.0. The molecule has 0 aliphatic carbocycles. The molecule has 1 aliphatic rings. The highest BCUT2D eigenvalue weighted by molar-refractivity contribution is 5.88. The molecule has 0 bridgehead atoms. The van der Waals surface area contributed by atoms with Crippen molar-refractivity contribution >= 4 is 16.7 Å². The van der Waals surface area contributed by atoms with Gasteiger partial charge in [0, 0.05) is 45.3 Å². The standard InChI is InChI=1S/C23H22F3N5O3/c1-3-33-18-13-31(10-9-17(18)34-20-6-4-5-19(29-20)23(24,25)26)16-11-21(32)30(2)15-8-7-14(12-27)28-22(15)16/h4-8,11,17-18H,3,9-10,13H2,1-2H3. The second-order valence-electron chi connectivity index (χ2n) is 7.85. The molecular formula is C23H22F3N5O3. The molecule has 0 N–H and O–H groups in total. The monoisotopic (exact) mass is 473 g/mol. The van der Waals surface area contributed by atoms with E-state index < -0.39 is 24.1 Å². The Morgan fingerprint density at radius 3 is 2.71 bits per heavy atom. The predicted molar refractivity (Wildman–Crippen MR) is 118 cm³/mol. The summed E-state index contributed by atoms with van der Waals surface area (Å²) in [6, 6.07) is 10.2. The number of nitrogens with zero attached hydrogens (tertiary/aromatic N) is 5. The largest absolute Gasteiger partial charge is 0.471 e. The number of anilines is 1. The molecule has 34 heavy (non-hydrogen) atoms. The van der Waals surface area contributed by atoms with E-state index >= 15 is 0 Å². The second-order valence-corrected chi connectivity index (χ2v) is 7.85. The van der Waals surface area contributed by atoms with Crippen LogP contribution in [0.5, 0.6) is 5.88 Å². The normalized spacial score (nSPS) is 18.6.